The molecule has 0 spiro atoms. The summed E-state index contributed by atoms with van der Waals surface area (Å²) in [6.07, 6.45) is 2.48. The molecule has 2 N–H and O–H groups in total. The highest BCUT2D eigenvalue weighted by Crippen LogP contribution is 2.28. The van der Waals surface area contributed by atoms with E-state index in [2.05, 4.69) is 16.0 Å². The number of hydrogen-bond acceptors (Lipinski definition) is 7. The average Bonchev–Trinajstić information content (AvgIpc) is 3.17. The maximum atomic E-state index is 10.7. The van der Waals surface area contributed by atoms with E-state index in [1.165, 1.54) is 17.1 Å². The number of rotatable bonds is 9. The number of methoxy groups -OCH3 is 1. The molecule has 0 fully saturated rings. The first-order valence-electron chi connectivity index (χ1n) is 8.16. The number of nitrogens with zero attached hydrogens (tertiary/aromatic N) is 3. The minimum atomic E-state index is -0.505. The van der Waals surface area contributed by atoms with Gasteiger partial charge < -0.3 is 14.9 Å². The molecule has 0 saturated heterocycles. The molecule has 3 aromatic rings. The number of hydrazine groups is 1. The number of aromatic nitrogens is 2. The van der Waals surface area contributed by atoms with Gasteiger partial charge in [0.2, 0.25) is 0 Å². The van der Waals surface area contributed by atoms with Gasteiger partial charge in [-0.1, -0.05) is 24.3 Å². The molecule has 3 rings (SSSR count). The fourth-order valence-electron chi connectivity index (χ4n) is 2.36. The summed E-state index contributed by atoms with van der Waals surface area (Å²) in [5.41, 5.74) is 8.13. The molecule has 0 aliphatic heterocycles. The molecule has 9 heteroatoms. The summed E-state index contributed by atoms with van der Waals surface area (Å²) in [7, 11) is 1.56. The summed E-state index contributed by atoms with van der Waals surface area (Å²) < 4.78 is 12.4. The van der Waals surface area contributed by atoms with Crippen molar-refractivity contribution in [3.63, 3.8) is 0 Å². The number of para-hydroxylation sites is 1. The van der Waals surface area contributed by atoms with Gasteiger partial charge in [0.25, 0.3) is 0 Å². The van der Waals surface area contributed by atoms with Gasteiger partial charge in [-0.3, -0.25) is 10.1 Å². The highest BCUT2D eigenvalue weighted by Gasteiger charge is 2.10. The monoisotopic (exact) mass is 369 g/mol. The SMILES string of the molecule is COc1cc(CNNc2ccccc2)ccc1OCn1cc([N+](=O)[O-])cn1. The van der Waals surface area contributed by atoms with Gasteiger partial charge in [-0.2, -0.15) is 5.10 Å². The molecular formula is C18H19N5O4. The number of nitrogens with one attached hydrogen (secondary N) is 2. The van der Waals surface area contributed by atoms with Crippen molar-refractivity contribution in [3.8, 4) is 11.5 Å². The Balaban J connectivity index is 1.57. The molecule has 0 aliphatic rings. The maximum absolute atomic E-state index is 10.7. The van der Waals surface area contributed by atoms with Gasteiger partial charge in [-0.25, -0.2) is 10.1 Å². The van der Waals surface area contributed by atoms with E-state index < -0.39 is 4.92 Å². The Morgan fingerprint density at radius 1 is 1.19 bits per heavy atom. The Morgan fingerprint density at radius 3 is 2.70 bits per heavy atom. The fraction of sp³-hybridized carbons (Fsp3) is 0.167. The maximum Gasteiger partial charge on any atom is 0.307 e. The van der Waals surface area contributed by atoms with Crippen LogP contribution in [0.25, 0.3) is 0 Å². The van der Waals surface area contributed by atoms with E-state index in [1.54, 1.807) is 13.2 Å². The molecule has 0 saturated carbocycles. The van der Waals surface area contributed by atoms with Crippen LogP contribution in [0.4, 0.5) is 11.4 Å². The van der Waals surface area contributed by atoms with E-state index in [-0.39, 0.29) is 12.4 Å². The van der Waals surface area contributed by atoms with E-state index in [9.17, 15) is 10.1 Å². The second kappa shape index (κ2) is 8.68. The van der Waals surface area contributed by atoms with Gasteiger partial charge in [-0.05, 0) is 29.8 Å². The highest BCUT2D eigenvalue weighted by molar-refractivity contribution is 5.44. The van der Waals surface area contributed by atoms with Crippen molar-refractivity contribution in [1.82, 2.24) is 15.2 Å². The topological polar surface area (TPSA) is 103 Å². The van der Waals surface area contributed by atoms with E-state index in [0.717, 1.165) is 11.3 Å². The minimum absolute atomic E-state index is 0.0390. The van der Waals surface area contributed by atoms with Crippen molar-refractivity contribution in [2.45, 2.75) is 13.3 Å². The molecule has 0 amide bonds. The van der Waals surface area contributed by atoms with Gasteiger partial charge in [0.1, 0.15) is 12.4 Å². The van der Waals surface area contributed by atoms with Gasteiger partial charge >= 0.3 is 5.69 Å². The zero-order chi connectivity index (χ0) is 19.1. The quantitative estimate of drug-likeness (QED) is 0.441. The molecular weight excluding hydrogens is 350 g/mol. The average molecular weight is 369 g/mol. The van der Waals surface area contributed by atoms with Crippen LogP contribution < -0.4 is 20.3 Å². The Hall–Kier alpha value is -3.59. The molecule has 0 unspecified atom stereocenters. The summed E-state index contributed by atoms with van der Waals surface area (Å²) >= 11 is 0. The summed E-state index contributed by atoms with van der Waals surface area (Å²) in [6.45, 7) is 0.619. The zero-order valence-electron chi connectivity index (χ0n) is 14.7. The van der Waals surface area contributed by atoms with Crippen LogP contribution in [0.2, 0.25) is 0 Å². The number of nitro groups is 1. The van der Waals surface area contributed by atoms with E-state index in [4.69, 9.17) is 9.47 Å². The number of anilines is 1. The lowest BCUT2D eigenvalue weighted by atomic mass is 10.2. The largest absolute Gasteiger partial charge is 0.493 e. The predicted molar refractivity (Wildman–Crippen MR) is 99.4 cm³/mol. The van der Waals surface area contributed by atoms with Crippen LogP contribution in [-0.2, 0) is 13.3 Å². The first kappa shape index (κ1) is 18.2. The third-order valence-corrected chi connectivity index (χ3v) is 3.71. The van der Waals surface area contributed by atoms with Crippen molar-refractivity contribution >= 4 is 11.4 Å². The summed E-state index contributed by atoms with van der Waals surface area (Å²) in [4.78, 5) is 10.2. The van der Waals surface area contributed by atoms with Gasteiger partial charge in [0.05, 0.1) is 12.0 Å². The number of ether oxygens (including phenoxy) is 2. The van der Waals surface area contributed by atoms with Crippen LogP contribution in [0.5, 0.6) is 11.5 Å². The highest BCUT2D eigenvalue weighted by atomic mass is 16.6. The van der Waals surface area contributed by atoms with Crippen molar-refractivity contribution in [1.29, 1.82) is 0 Å². The first-order valence-corrected chi connectivity index (χ1v) is 8.16. The number of benzene rings is 2. The summed E-state index contributed by atoms with van der Waals surface area (Å²) in [5.74, 6) is 1.09. The molecule has 1 aromatic heterocycles. The molecule has 27 heavy (non-hydrogen) atoms. The van der Waals surface area contributed by atoms with Crippen molar-refractivity contribution < 1.29 is 14.4 Å². The van der Waals surface area contributed by atoms with Crippen molar-refractivity contribution in [2.75, 3.05) is 12.5 Å². The number of hydrogen-bond donors (Lipinski definition) is 2. The normalized spacial score (nSPS) is 10.4. The van der Waals surface area contributed by atoms with Gasteiger partial charge in [0.15, 0.2) is 18.2 Å². The molecule has 0 radical (unpaired) electrons. The summed E-state index contributed by atoms with van der Waals surface area (Å²) in [6, 6.07) is 15.3. The van der Waals surface area contributed by atoms with Crippen LogP contribution in [0, 0.1) is 10.1 Å². The van der Waals surface area contributed by atoms with Crippen LogP contribution >= 0.6 is 0 Å². The second-order valence-corrected chi connectivity index (χ2v) is 5.60. The van der Waals surface area contributed by atoms with Crippen LogP contribution in [-0.4, -0.2) is 21.8 Å². The third-order valence-electron chi connectivity index (χ3n) is 3.71. The first-order chi connectivity index (χ1) is 13.2. The third kappa shape index (κ3) is 4.95. The predicted octanol–water partition coefficient (Wildman–Crippen LogP) is 2.95. The zero-order valence-corrected chi connectivity index (χ0v) is 14.7. The molecule has 0 bridgehead atoms. The van der Waals surface area contributed by atoms with Crippen molar-refractivity contribution in [2.24, 2.45) is 0 Å². The molecule has 9 nitrogen and oxygen atoms in total. The Morgan fingerprint density at radius 2 is 2.00 bits per heavy atom. The van der Waals surface area contributed by atoms with Crippen molar-refractivity contribution in [3.05, 3.63) is 76.6 Å². The lowest BCUT2D eigenvalue weighted by Crippen LogP contribution is -2.20. The lowest BCUT2D eigenvalue weighted by Gasteiger charge is -2.13. The van der Waals surface area contributed by atoms with Crippen LogP contribution in [0.1, 0.15) is 5.56 Å². The van der Waals surface area contributed by atoms with Crippen LogP contribution in [0.3, 0.4) is 0 Å². The second-order valence-electron chi connectivity index (χ2n) is 5.60. The fourth-order valence-corrected chi connectivity index (χ4v) is 2.36. The van der Waals surface area contributed by atoms with Crippen LogP contribution in [0.15, 0.2) is 60.9 Å². The Bertz CT molecular complexity index is 898. The smallest absolute Gasteiger partial charge is 0.307 e. The Kier molecular flexibility index (Phi) is 5.85. The van der Waals surface area contributed by atoms with E-state index in [0.29, 0.717) is 18.0 Å². The molecule has 1 heterocycles. The molecule has 0 atom stereocenters. The molecule has 0 aliphatic carbocycles. The molecule has 2 aromatic carbocycles. The van der Waals surface area contributed by atoms with E-state index in [1.807, 2.05) is 42.5 Å². The molecule has 140 valence electrons. The Labute approximate surface area is 155 Å². The van der Waals surface area contributed by atoms with Gasteiger partial charge in [0, 0.05) is 12.2 Å². The lowest BCUT2D eigenvalue weighted by molar-refractivity contribution is -0.385. The van der Waals surface area contributed by atoms with E-state index >= 15 is 0 Å². The minimum Gasteiger partial charge on any atom is -0.493 e. The summed E-state index contributed by atoms with van der Waals surface area (Å²) in [5, 5.41) is 14.6. The standard InChI is InChI=1S/C18H19N5O4/c1-26-18-9-14(10-19-21-15-5-3-2-4-6-15)7-8-17(18)27-13-22-12-16(11-20-22)23(24)25/h2-9,11-12,19,21H,10,13H2,1H3. The van der Waals surface area contributed by atoms with Gasteiger partial charge in [-0.15, -0.1) is 0 Å².